The lowest BCUT2D eigenvalue weighted by molar-refractivity contribution is -0.0133. The molecule has 0 saturated carbocycles. The Morgan fingerprint density at radius 1 is 1.57 bits per heavy atom. The van der Waals surface area contributed by atoms with Crippen molar-refractivity contribution in [3.8, 4) is 0 Å². The molecule has 1 unspecified atom stereocenters. The molecule has 0 saturated heterocycles. The number of aromatic nitrogens is 1. The van der Waals surface area contributed by atoms with Crippen molar-refractivity contribution in [3.63, 3.8) is 0 Å². The van der Waals surface area contributed by atoms with Crippen molar-refractivity contribution >= 4 is 17.2 Å². The number of thiazole rings is 1. The molecule has 0 aromatic carbocycles. The molecule has 1 rings (SSSR count). The second-order valence-corrected chi connectivity index (χ2v) is 5.20. The third-order valence-corrected chi connectivity index (χ3v) is 2.79. The molecule has 4 heteroatoms. The lowest BCUT2D eigenvalue weighted by atomic mass is 9.89. The fraction of sp³-hybridized carbons (Fsp3) is 0.700. The van der Waals surface area contributed by atoms with Crippen LogP contribution in [0.1, 0.15) is 38.8 Å². The van der Waals surface area contributed by atoms with E-state index in [9.17, 15) is 0 Å². The Morgan fingerprint density at radius 3 is 2.57 bits per heavy atom. The first-order valence-electron chi connectivity index (χ1n) is 4.77. The van der Waals surface area contributed by atoms with Gasteiger partial charge in [0.15, 0.2) is 0 Å². The van der Waals surface area contributed by atoms with E-state index < -0.39 is 0 Å². The number of ether oxygens (including phenoxy) is 1. The van der Waals surface area contributed by atoms with Crippen LogP contribution in [0.25, 0.3) is 0 Å². The summed E-state index contributed by atoms with van der Waals surface area (Å²) in [4.78, 5) is 4.27. The van der Waals surface area contributed by atoms with Crippen LogP contribution in [0.15, 0.2) is 5.38 Å². The van der Waals surface area contributed by atoms with Crippen molar-refractivity contribution in [1.29, 1.82) is 0 Å². The Morgan fingerprint density at radius 2 is 2.21 bits per heavy atom. The summed E-state index contributed by atoms with van der Waals surface area (Å²) in [6, 6.07) is 0. The summed E-state index contributed by atoms with van der Waals surface area (Å²) in [5, 5.41) is 2.82. The molecule has 1 aromatic heterocycles. The Balaban J connectivity index is 2.88. The normalized spacial score (nSPS) is 14.3. The molecule has 0 bridgehead atoms. The molecule has 1 aromatic rings. The van der Waals surface area contributed by atoms with E-state index in [0.29, 0.717) is 12.4 Å². The summed E-state index contributed by atoms with van der Waals surface area (Å²) >= 11 is 1.56. The lowest BCUT2D eigenvalue weighted by Gasteiger charge is -2.28. The highest BCUT2D eigenvalue weighted by molar-refractivity contribution is 7.10. The predicted octanol–water partition coefficient (Wildman–Crippen LogP) is 2.85. The van der Waals surface area contributed by atoms with Crippen LogP contribution >= 0.6 is 11.3 Å². The van der Waals surface area contributed by atoms with E-state index in [-0.39, 0.29) is 11.5 Å². The van der Waals surface area contributed by atoms with Crippen molar-refractivity contribution in [2.45, 2.75) is 33.8 Å². The highest BCUT2D eigenvalue weighted by Gasteiger charge is 2.29. The lowest BCUT2D eigenvalue weighted by Crippen LogP contribution is -2.21. The predicted molar refractivity (Wildman–Crippen MR) is 60.3 cm³/mol. The zero-order valence-electron chi connectivity index (χ0n) is 9.20. The fourth-order valence-corrected chi connectivity index (χ4v) is 2.28. The first-order chi connectivity index (χ1) is 6.45. The molecular weight excluding hydrogens is 196 g/mol. The zero-order chi connectivity index (χ0) is 10.8. The average Bonchev–Trinajstić information content (AvgIpc) is 2.45. The Kier molecular flexibility index (Phi) is 3.50. The van der Waals surface area contributed by atoms with Crippen LogP contribution in [-0.4, -0.2) is 11.6 Å². The molecule has 0 fully saturated rings. The van der Waals surface area contributed by atoms with Gasteiger partial charge in [-0.1, -0.05) is 20.8 Å². The number of rotatable bonds is 3. The number of anilines is 1. The standard InChI is InChI=1S/C10H18N2OS/c1-5-13-8(10(2,3)4)9-12-7(11)6-14-9/h6,8H,5,11H2,1-4H3. The van der Waals surface area contributed by atoms with Gasteiger partial charge < -0.3 is 10.5 Å². The summed E-state index contributed by atoms with van der Waals surface area (Å²) in [5.41, 5.74) is 5.66. The largest absolute Gasteiger partial charge is 0.383 e. The molecular formula is C10H18N2OS. The Bertz CT molecular complexity index is 291. The molecule has 14 heavy (non-hydrogen) atoms. The maximum atomic E-state index is 5.70. The van der Waals surface area contributed by atoms with Crippen LogP contribution in [0.4, 0.5) is 5.82 Å². The smallest absolute Gasteiger partial charge is 0.134 e. The highest BCUT2D eigenvalue weighted by Crippen LogP contribution is 2.37. The van der Waals surface area contributed by atoms with E-state index in [1.165, 1.54) is 0 Å². The van der Waals surface area contributed by atoms with Crippen molar-refractivity contribution in [2.24, 2.45) is 5.41 Å². The quantitative estimate of drug-likeness (QED) is 0.841. The van der Waals surface area contributed by atoms with Gasteiger partial charge in [0.1, 0.15) is 16.9 Å². The van der Waals surface area contributed by atoms with Gasteiger partial charge in [-0.15, -0.1) is 11.3 Å². The molecule has 0 amide bonds. The summed E-state index contributed by atoms with van der Waals surface area (Å²) < 4.78 is 5.70. The maximum Gasteiger partial charge on any atom is 0.134 e. The van der Waals surface area contributed by atoms with Crippen molar-refractivity contribution in [2.75, 3.05) is 12.3 Å². The monoisotopic (exact) mass is 214 g/mol. The second kappa shape index (κ2) is 4.28. The highest BCUT2D eigenvalue weighted by atomic mass is 32.1. The van der Waals surface area contributed by atoms with Crippen LogP contribution in [0.5, 0.6) is 0 Å². The summed E-state index contributed by atoms with van der Waals surface area (Å²) in [5.74, 6) is 0.582. The molecule has 0 aliphatic carbocycles. The van der Waals surface area contributed by atoms with Crippen molar-refractivity contribution in [1.82, 2.24) is 4.98 Å². The number of nitrogen functional groups attached to an aromatic ring is 1. The summed E-state index contributed by atoms with van der Waals surface area (Å²) in [6.45, 7) is 9.12. The number of nitrogens with zero attached hydrogens (tertiary/aromatic N) is 1. The number of nitrogens with two attached hydrogens (primary N) is 1. The van der Waals surface area contributed by atoms with Crippen LogP contribution in [0.2, 0.25) is 0 Å². The van der Waals surface area contributed by atoms with Gasteiger partial charge in [0, 0.05) is 12.0 Å². The minimum absolute atomic E-state index is 0.0369. The number of hydrogen-bond donors (Lipinski definition) is 1. The molecule has 2 N–H and O–H groups in total. The molecule has 0 radical (unpaired) electrons. The molecule has 0 aliphatic rings. The minimum atomic E-state index is 0.0369. The van der Waals surface area contributed by atoms with Crippen molar-refractivity contribution in [3.05, 3.63) is 10.4 Å². The van der Waals surface area contributed by atoms with Gasteiger partial charge in [-0.3, -0.25) is 0 Å². The SMILES string of the molecule is CCOC(c1nc(N)cs1)C(C)(C)C. The van der Waals surface area contributed by atoms with Gasteiger partial charge in [-0.05, 0) is 12.3 Å². The first kappa shape index (κ1) is 11.5. The van der Waals surface area contributed by atoms with Crippen LogP contribution in [0.3, 0.4) is 0 Å². The van der Waals surface area contributed by atoms with Crippen LogP contribution in [-0.2, 0) is 4.74 Å². The fourth-order valence-electron chi connectivity index (χ4n) is 1.28. The molecule has 80 valence electrons. The van der Waals surface area contributed by atoms with Crippen LogP contribution in [0, 0.1) is 5.41 Å². The Labute approximate surface area is 89.3 Å². The summed E-state index contributed by atoms with van der Waals surface area (Å²) in [6.07, 6.45) is 0.0369. The van der Waals surface area contributed by atoms with Gasteiger partial charge in [-0.25, -0.2) is 4.98 Å². The minimum Gasteiger partial charge on any atom is -0.383 e. The molecule has 0 aliphatic heterocycles. The van der Waals surface area contributed by atoms with Gasteiger partial charge in [0.2, 0.25) is 0 Å². The first-order valence-corrected chi connectivity index (χ1v) is 5.65. The molecule has 1 atom stereocenters. The van der Waals surface area contributed by atoms with Gasteiger partial charge in [-0.2, -0.15) is 0 Å². The van der Waals surface area contributed by atoms with E-state index in [0.717, 1.165) is 5.01 Å². The summed E-state index contributed by atoms with van der Waals surface area (Å²) in [7, 11) is 0. The van der Waals surface area contributed by atoms with E-state index in [1.807, 2.05) is 12.3 Å². The van der Waals surface area contributed by atoms with E-state index in [2.05, 4.69) is 25.8 Å². The second-order valence-electron chi connectivity index (χ2n) is 4.31. The van der Waals surface area contributed by atoms with E-state index in [4.69, 9.17) is 10.5 Å². The van der Waals surface area contributed by atoms with Crippen LogP contribution < -0.4 is 5.73 Å². The van der Waals surface area contributed by atoms with Gasteiger partial charge in [0.25, 0.3) is 0 Å². The third kappa shape index (κ3) is 2.69. The van der Waals surface area contributed by atoms with Crippen molar-refractivity contribution < 1.29 is 4.74 Å². The zero-order valence-corrected chi connectivity index (χ0v) is 10.0. The molecule has 3 nitrogen and oxygen atoms in total. The molecule has 0 spiro atoms. The maximum absolute atomic E-state index is 5.70. The molecule has 1 heterocycles. The van der Waals surface area contributed by atoms with E-state index >= 15 is 0 Å². The third-order valence-electron chi connectivity index (χ3n) is 1.88. The average molecular weight is 214 g/mol. The number of hydrogen-bond acceptors (Lipinski definition) is 4. The van der Waals surface area contributed by atoms with Gasteiger partial charge in [0.05, 0.1) is 0 Å². The van der Waals surface area contributed by atoms with E-state index in [1.54, 1.807) is 11.3 Å². The van der Waals surface area contributed by atoms with Gasteiger partial charge >= 0.3 is 0 Å². The Hall–Kier alpha value is -0.610. The topological polar surface area (TPSA) is 48.1 Å².